The third kappa shape index (κ3) is 1.29. The minimum absolute atomic E-state index is 0.441. The maximum atomic E-state index is 11.4. The van der Waals surface area contributed by atoms with Crippen molar-refractivity contribution in [1.82, 2.24) is 0 Å². The van der Waals surface area contributed by atoms with Gasteiger partial charge in [-0.15, -0.1) is 11.6 Å². The molecule has 0 saturated heterocycles. The summed E-state index contributed by atoms with van der Waals surface area (Å²) in [5.41, 5.74) is -0.441. The highest BCUT2D eigenvalue weighted by Gasteiger charge is 2.51. The number of carbonyl (C=O) groups is 2. The van der Waals surface area contributed by atoms with Crippen molar-refractivity contribution in [2.75, 3.05) is 0 Å². The molecular weight excluding hydrogens is 227 g/mol. The van der Waals surface area contributed by atoms with E-state index in [2.05, 4.69) is 0 Å². The van der Waals surface area contributed by atoms with Gasteiger partial charge in [0.2, 0.25) is 10.7 Å². The maximum absolute atomic E-state index is 11.4. The fourth-order valence-corrected chi connectivity index (χ4v) is 1.40. The van der Waals surface area contributed by atoms with E-state index >= 15 is 0 Å². The molecule has 0 aliphatic heterocycles. The molecule has 0 bridgehead atoms. The minimum Gasteiger partial charge on any atom is -0.293 e. The second-order valence-corrected chi connectivity index (χ2v) is 3.62. The smallest absolute Gasteiger partial charge is 0.217 e. The molecule has 2 atom stereocenters. The Balaban J connectivity index is 3.36. The van der Waals surface area contributed by atoms with Crippen LogP contribution in [0.1, 0.15) is 0 Å². The van der Waals surface area contributed by atoms with Gasteiger partial charge in [0.05, 0.1) is 6.07 Å². The molecule has 1 aliphatic carbocycles. The first kappa shape index (κ1) is 10.7. The summed E-state index contributed by atoms with van der Waals surface area (Å²) in [6.07, 6.45) is 0.804. The normalized spacial score (nSPS) is 31.7. The molecule has 0 aromatic carbocycles. The van der Waals surface area contributed by atoms with Gasteiger partial charge in [0, 0.05) is 6.08 Å². The van der Waals surface area contributed by atoms with Crippen LogP contribution >= 0.6 is 23.2 Å². The molecule has 0 amide bonds. The SMILES string of the molecule is N#CC1=CC(=O)C(Cl)C(Cl)(C#N)C1=O. The highest BCUT2D eigenvalue weighted by Crippen LogP contribution is 2.32. The van der Waals surface area contributed by atoms with Crippen LogP contribution in [-0.4, -0.2) is 21.8 Å². The van der Waals surface area contributed by atoms with Crippen LogP contribution in [0.5, 0.6) is 0 Å². The Bertz CT molecular complexity index is 430. The average molecular weight is 229 g/mol. The monoisotopic (exact) mass is 228 g/mol. The highest BCUT2D eigenvalue weighted by molar-refractivity contribution is 6.52. The molecule has 0 saturated carbocycles. The molecule has 0 radical (unpaired) electrons. The van der Waals surface area contributed by atoms with Crippen LogP contribution in [0.25, 0.3) is 0 Å². The zero-order valence-corrected chi connectivity index (χ0v) is 8.13. The third-order valence-electron chi connectivity index (χ3n) is 1.74. The lowest BCUT2D eigenvalue weighted by Crippen LogP contribution is -2.48. The van der Waals surface area contributed by atoms with Crippen molar-refractivity contribution in [3.8, 4) is 12.1 Å². The van der Waals surface area contributed by atoms with Crippen molar-refractivity contribution in [3.63, 3.8) is 0 Å². The number of Topliss-reactive ketones (excluding diaryl/α,β-unsaturated/α-hetero) is 1. The Morgan fingerprint density at radius 2 is 2.00 bits per heavy atom. The molecule has 4 nitrogen and oxygen atoms in total. The lowest BCUT2D eigenvalue weighted by atomic mass is 9.87. The first-order valence-electron chi connectivity index (χ1n) is 3.42. The summed E-state index contributed by atoms with van der Waals surface area (Å²) in [7, 11) is 0. The van der Waals surface area contributed by atoms with Crippen LogP contribution in [0.3, 0.4) is 0 Å². The van der Waals surface area contributed by atoms with Crippen molar-refractivity contribution >= 4 is 34.8 Å². The third-order valence-corrected chi connectivity index (χ3v) is 2.87. The summed E-state index contributed by atoms with van der Waals surface area (Å²) >= 11 is 11.1. The summed E-state index contributed by atoms with van der Waals surface area (Å²) in [5, 5.41) is 15.7. The zero-order valence-electron chi connectivity index (χ0n) is 6.62. The summed E-state index contributed by atoms with van der Waals surface area (Å²) in [4.78, 5) is 20.4. The number of carbonyl (C=O) groups excluding carboxylic acids is 2. The largest absolute Gasteiger partial charge is 0.293 e. The topological polar surface area (TPSA) is 81.7 Å². The van der Waals surface area contributed by atoms with Crippen LogP contribution in [0.2, 0.25) is 0 Å². The van der Waals surface area contributed by atoms with Gasteiger partial charge in [-0.05, 0) is 0 Å². The van der Waals surface area contributed by atoms with Crippen LogP contribution in [-0.2, 0) is 9.59 Å². The summed E-state index contributed by atoms with van der Waals surface area (Å²) in [5.74, 6) is -1.64. The van der Waals surface area contributed by atoms with Gasteiger partial charge in [-0.2, -0.15) is 10.5 Å². The van der Waals surface area contributed by atoms with Crippen molar-refractivity contribution < 1.29 is 9.59 Å². The van der Waals surface area contributed by atoms with Crippen molar-refractivity contribution in [3.05, 3.63) is 11.6 Å². The van der Waals surface area contributed by atoms with Gasteiger partial charge in [0.25, 0.3) is 0 Å². The quantitative estimate of drug-likeness (QED) is 0.572. The number of ketones is 2. The van der Waals surface area contributed by atoms with Crippen molar-refractivity contribution in [2.45, 2.75) is 10.3 Å². The molecule has 0 spiro atoms. The van der Waals surface area contributed by atoms with Crippen LogP contribution in [0.4, 0.5) is 0 Å². The lowest BCUT2D eigenvalue weighted by Gasteiger charge is -2.24. The molecule has 0 aromatic heterocycles. The second kappa shape index (κ2) is 3.42. The van der Waals surface area contributed by atoms with Gasteiger partial charge in [0.15, 0.2) is 5.78 Å². The summed E-state index contributed by atoms with van der Waals surface area (Å²) in [6, 6.07) is 2.94. The molecule has 70 valence electrons. The van der Waals surface area contributed by atoms with Crippen LogP contribution in [0.15, 0.2) is 11.6 Å². The molecule has 0 aromatic rings. The van der Waals surface area contributed by atoms with Gasteiger partial charge in [0.1, 0.15) is 17.0 Å². The molecular formula is C8H2Cl2N2O2. The number of allylic oxidation sites excluding steroid dienone is 2. The number of nitriles is 2. The molecule has 0 fully saturated rings. The zero-order chi connectivity index (χ0) is 10.9. The predicted octanol–water partition coefficient (Wildman–Crippen LogP) is 0.697. The number of rotatable bonds is 0. The predicted molar refractivity (Wildman–Crippen MR) is 47.5 cm³/mol. The highest BCUT2D eigenvalue weighted by atomic mass is 35.5. The van der Waals surface area contributed by atoms with Crippen LogP contribution < -0.4 is 0 Å². The van der Waals surface area contributed by atoms with Crippen molar-refractivity contribution in [1.29, 1.82) is 10.5 Å². The molecule has 2 unspecified atom stereocenters. The maximum Gasteiger partial charge on any atom is 0.217 e. The van der Waals surface area contributed by atoms with Gasteiger partial charge in [-0.25, -0.2) is 0 Å². The lowest BCUT2D eigenvalue weighted by molar-refractivity contribution is -0.122. The van der Waals surface area contributed by atoms with E-state index < -0.39 is 27.4 Å². The van der Waals surface area contributed by atoms with Gasteiger partial charge < -0.3 is 0 Å². The van der Waals surface area contributed by atoms with E-state index in [1.807, 2.05) is 0 Å². The minimum atomic E-state index is -2.15. The number of alkyl halides is 2. The second-order valence-electron chi connectivity index (χ2n) is 2.59. The van der Waals surface area contributed by atoms with E-state index in [4.69, 9.17) is 33.7 Å². The number of hydrogen-bond acceptors (Lipinski definition) is 4. The number of hydrogen-bond donors (Lipinski definition) is 0. The number of nitrogens with zero attached hydrogens (tertiary/aromatic N) is 2. The summed E-state index contributed by atoms with van der Waals surface area (Å²) < 4.78 is 0. The van der Waals surface area contributed by atoms with E-state index in [0.29, 0.717) is 0 Å². The van der Waals surface area contributed by atoms with Crippen LogP contribution in [0, 0.1) is 22.7 Å². The Hall–Kier alpha value is -1.36. The van der Waals surface area contributed by atoms with E-state index in [1.54, 1.807) is 0 Å². The molecule has 0 N–H and O–H groups in total. The Labute approximate surface area is 89.3 Å². The molecule has 0 heterocycles. The molecule has 1 rings (SSSR count). The Morgan fingerprint density at radius 1 is 1.43 bits per heavy atom. The fraction of sp³-hybridized carbons (Fsp3) is 0.250. The van der Waals surface area contributed by atoms with Gasteiger partial charge in [-0.3, -0.25) is 9.59 Å². The standard InChI is InChI=1S/C8H2Cl2N2O2/c9-6-5(13)1-4(2-11)7(14)8(6,10)3-12/h1,6H. The van der Waals surface area contributed by atoms with Gasteiger partial charge in [-0.1, -0.05) is 11.6 Å². The van der Waals surface area contributed by atoms with Crippen molar-refractivity contribution in [2.24, 2.45) is 0 Å². The van der Waals surface area contributed by atoms with Gasteiger partial charge >= 0.3 is 0 Å². The first-order chi connectivity index (χ1) is 6.47. The molecule has 1 aliphatic rings. The fourth-order valence-electron chi connectivity index (χ4n) is 0.979. The first-order valence-corrected chi connectivity index (χ1v) is 4.23. The molecule has 14 heavy (non-hydrogen) atoms. The van der Waals surface area contributed by atoms with E-state index in [1.165, 1.54) is 12.1 Å². The van der Waals surface area contributed by atoms with E-state index in [-0.39, 0.29) is 0 Å². The number of halogens is 2. The average Bonchev–Trinajstić information content (AvgIpc) is 2.20. The Kier molecular flexibility index (Phi) is 2.62. The van der Waals surface area contributed by atoms with E-state index in [9.17, 15) is 9.59 Å². The molecule has 6 heteroatoms. The Morgan fingerprint density at radius 3 is 2.43 bits per heavy atom. The van der Waals surface area contributed by atoms with E-state index in [0.717, 1.165) is 6.08 Å². The summed E-state index contributed by atoms with van der Waals surface area (Å²) in [6.45, 7) is 0.